The molecule has 1 saturated heterocycles. The van der Waals surface area contributed by atoms with E-state index in [2.05, 4.69) is 14.9 Å². The van der Waals surface area contributed by atoms with Crippen LogP contribution in [-0.4, -0.2) is 52.6 Å². The second-order valence-corrected chi connectivity index (χ2v) is 5.08. The molecule has 1 aliphatic rings. The molecule has 9 nitrogen and oxygen atoms in total. The zero-order chi connectivity index (χ0) is 14.3. The first-order valence-corrected chi connectivity index (χ1v) is 7.21. The molecule has 1 fully saturated rings. The van der Waals surface area contributed by atoms with Crippen LogP contribution in [0.3, 0.4) is 0 Å². The molecule has 0 bridgehead atoms. The molecule has 0 spiro atoms. The Morgan fingerprint density at radius 1 is 1.35 bits per heavy atom. The molecule has 10 heteroatoms. The average Bonchev–Trinajstić information content (AvgIpc) is 2.38. The van der Waals surface area contributed by atoms with Crippen LogP contribution in [0.2, 0.25) is 0 Å². The van der Waals surface area contributed by atoms with E-state index >= 15 is 0 Å². The lowest BCUT2D eigenvalue weighted by molar-refractivity contribution is 0.381. The van der Waals surface area contributed by atoms with E-state index < -0.39 is 10.4 Å². The molecule has 2 heterocycles. The molecule has 1 aliphatic heterocycles. The van der Waals surface area contributed by atoms with Crippen molar-refractivity contribution in [2.45, 2.75) is 12.8 Å². The monoisotopic (exact) mass is 308 g/mol. The first-order chi connectivity index (χ1) is 8.90. The summed E-state index contributed by atoms with van der Waals surface area (Å²) in [7, 11) is -4.67. The van der Waals surface area contributed by atoms with Gasteiger partial charge >= 0.3 is 10.4 Å². The minimum absolute atomic E-state index is 0. The van der Waals surface area contributed by atoms with Crippen LogP contribution in [0.1, 0.15) is 12.8 Å². The first kappa shape index (κ1) is 18.7. The summed E-state index contributed by atoms with van der Waals surface area (Å²) in [5.41, 5.74) is 5.68. The summed E-state index contributed by atoms with van der Waals surface area (Å²) in [4.78, 5) is 10.7. The molecule has 0 amide bonds. The Hall–Kier alpha value is -1.33. The zero-order valence-electron chi connectivity index (χ0n) is 10.9. The average molecular weight is 308 g/mol. The standard InChI is InChI=1S/C10H16N4.H2O4S.H2O/c11-7-9-3-1-6-14(8-9)10-12-4-2-5-13-10;1-5(2,3)4;/h2,4-5,9H,1,3,6-8,11H2;(H2,1,2,3,4);1H2. The number of piperidine rings is 1. The minimum Gasteiger partial charge on any atom is -0.412 e. The minimum atomic E-state index is -4.67. The number of nitrogens with two attached hydrogens (primary N) is 1. The van der Waals surface area contributed by atoms with Gasteiger partial charge in [0.25, 0.3) is 0 Å². The van der Waals surface area contributed by atoms with Crippen LogP contribution in [0, 0.1) is 5.92 Å². The van der Waals surface area contributed by atoms with E-state index in [4.69, 9.17) is 23.3 Å². The molecule has 1 unspecified atom stereocenters. The number of hydrogen-bond donors (Lipinski definition) is 3. The van der Waals surface area contributed by atoms with Crippen LogP contribution in [0.4, 0.5) is 5.95 Å². The predicted molar refractivity (Wildman–Crippen MR) is 73.8 cm³/mol. The van der Waals surface area contributed by atoms with Crippen molar-refractivity contribution in [1.82, 2.24) is 9.97 Å². The highest BCUT2D eigenvalue weighted by atomic mass is 32.3. The molecule has 0 saturated carbocycles. The summed E-state index contributed by atoms with van der Waals surface area (Å²) in [6, 6.07) is 1.84. The molecule has 20 heavy (non-hydrogen) atoms. The van der Waals surface area contributed by atoms with Crippen LogP contribution in [-0.2, 0) is 10.4 Å². The molecular weight excluding hydrogens is 288 g/mol. The maximum Gasteiger partial charge on any atom is 0.394 e. The third kappa shape index (κ3) is 7.96. The maximum atomic E-state index is 8.74. The molecule has 0 aliphatic carbocycles. The lowest BCUT2D eigenvalue weighted by Gasteiger charge is -2.31. The van der Waals surface area contributed by atoms with Crippen LogP contribution in [0.25, 0.3) is 0 Å². The molecule has 1 atom stereocenters. The van der Waals surface area contributed by atoms with Gasteiger partial charge in [0.1, 0.15) is 0 Å². The second-order valence-electron chi connectivity index (χ2n) is 4.19. The highest BCUT2D eigenvalue weighted by molar-refractivity contribution is 7.79. The number of anilines is 1. The number of rotatable bonds is 2. The Balaban J connectivity index is 0.000000526. The fourth-order valence-corrected chi connectivity index (χ4v) is 1.89. The SMILES string of the molecule is NCC1CCCN(c2ncccn2)C1.O.O=S(=O)(O)O. The van der Waals surface area contributed by atoms with Gasteiger partial charge in [-0.15, -0.1) is 0 Å². The van der Waals surface area contributed by atoms with Crippen molar-refractivity contribution in [1.29, 1.82) is 0 Å². The quantitative estimate of drug-likeness (QED) is 0.596. The van der Waals surface area contributed by atoms with Crippen molar-refractivity contribution in [2.24, 2.45) is 11.7 Å². The summed E-state index contributed by atoms with van der Waals surface area (Å²) in [6.07, 6.45) is 6.00. The Morgan fingerprint density at radius 2 is 1.90 bits per heavy atom. The van der Waals surface area contributed by atoms with Gasteiger partial charge in [-0.2, -0.15) is 8.42 Å². The molecular formula is C10H20N4O5S. The lowest BCUT2D eigenvalue weighted by Crippen LogP contribution is -2.39. The van der Waals surface area contributed by atoms with Crippen LogP contribution >= 0.6 is 0 Å². The second kappa shape index (κ2) is 8.76. The van der Waals surface area contributed by atoms with Crippen molar-refractivity contribution >= 4 is 16.3 Å². The largest absolute Gasteiger partial charge is 0.412 e. The van der Waals surface area contributed by atoms with E-state index in [-0.39, 0.29) is 5.48 Å². The van der Waals surface area contributed by atoms with Gasteiger partial charge < -0.3 is 16.1 Å². The van der Waals surface area contributed by atoms with Gasteiger partial charge in [0.05, 0.1) is 0 Å². The van der Waals surface area contributed by atoms with Crippen LogP contribution < -0.4 is 10.6 Å². The smallest absolute Gasteiger partial charge is 0.394 e. The summed E-state index contributed by atoms with van der Waals surface area (Å²) in [5.74, 6) is 1.44. The first-order valence-electron chi connectivity index (χ1n) is 5.82. The third-order valence-electron chi connectivity index (χ3n) is 2.69. The van der Waals surface area contributed by atoms with Crippen molar-refractivity contribution in [2.75, 3.05) is 24.5 Å². The van der Waals surface area contributed by atoms with Gasteiger partial charge in [0.15, 0.2) is 0 Å². The number of hydrogen-bond acceptors (Lipinski definition) is 6. The van der Waals surface area contributed by atoms with E-state index in [0.29, 0.717) is 5.92 Å². The Kier molecular flexibility index (Phi) is 8.18. The van der Waals surface area contributed by atoms with Crippen molar-refractivity contribution in [3.05, 3.63) is 18.5 Å². The van der Waals surface area contributed by atoms with E-state index in [1.807, 2.05) is 6.07 Å². The van der Waals surface area contributed by atoms with Crippen molar-refractivity contribution < 1.29 is 23.0 Å². The topological polar surface area (TPSA) is 161 Å². The van der Waals surface area contributed by atoms with Gasteiger partial charge in [-0.1, -0.05) is 0 Å². The van der Waals surface area contributed by atoms with E-state index in [9.17, 15) is 0 Å². The van der Waals surface area contributed by atoms with Gasteiger partial charge in [-0.3, -0.25) is 9.11 Å². The number of aromatic nitrogens is 2. The summed E-state index contributed by atoms with van der Waals surface area (Å²) in [6.45, 7) is 2.82. The van der Waals surface area contributed by atoms with Gasteiger partial charge in [-0.25, -0.2) is 9.97 Å². The van der Waals surface area contributed by atoms with Gasteiger partial charge in [-0.05, 0) is 31.4 Å². The fourth-order valence-electron chi connectivity index (χ4n) is 1.89. The normalized spacial score (nSPS) is 18.6. The van der Waals surface area contributed by atoms with Crippen molar-refractivity contribution in [3.63, 3.8) is 0 Å². The Morgan fingerprint density at radius 3 is 2.40 bits per heavy atom. The third-order valence-corrected chi connectivity index (χ3v) is 2.69. The summed E-state index contributed by atoms with van der Waals surface area (Å²) in [5, 5.41) is 0. The molecule has 116 valence electrons. The van der Waals surface area contributed by atoms with Crippen LogP contribution in [0.5, 0.6) is 0 Å². The van der Waals surface area contributed by atoms with E-state index in [0.717, 1.165) is 25.6 Å². The van der Waals surface area contributed by atoms with Gasteiger partial charge in [0, 0.05) is 25.5 Å². The zero-order valence-corrected chi connectivity index (χ0v) is 11.7. The maximum absolute atomic E-state index is 8.74. The molecule has 2 rings (SSSR count). The summed E-state index contributed by atoms with van der Waals surface area (Å²) < 4.78 is 31.6. The number of nitrogens with zero attached hydrogens (tertiary/aromatic N) is 3. The lowest BCUT2D eigenvalue weighted by atomic mass is 9.99. The Bertz CT molecular complexity index is 462. The van der Waals surface area contributed by atoms with E-state index in [1.165, 1.54) is 12.8 Å². The van der Waals surface area contributed by atoms with Crippen LogP contribution in [0.15, 0.2) is 18.5 Å². The highest BCUT2D eigenvalue weighted by Gasteiger charge is 2.19. The molecule has 0 aromatic carbocycles. The molecule has 0 radical (unpaired) electrons. The molecule has 6 N–H and O–H groups in total. The van der Waals surface area contributed by atoms with Crippen molar-refractivity contribution in [3.8, 4) is 0 Å². The molecule has 1 aromatic rings. The summed E-state index contributed by atoms with van der Waals surface area (Å²) >= 11 is 0. The van der Waals surface area contributed by atoms with Gasteiger partial charge in [0.2, 0.25) is 5.95 Å². The predicted octanol–water partition coefficient (Wildman–Crippen LogP) is -0.826. The highest BCUT2D eigenvalue weighted by Crippen LogP contribution is 2.18. The van der Waals surface area contributed by atoms with E-state index in [1.54, 1.807) is 12.4 Å². The fraction of sp³-hybridized carbons (Fsp3) is 0.600. The molecule has 1 aromatic heterocycles. The Labute approximate surface area is 117 Å².